The Bertz CT molecular complexity index is 689. The fourth-order valence-electron chi connectivity index (χ4n) is 2.08. The van der Waals surface area contributed by atoms with Gasteiger partial charge in [0.25, 0.3) is 0 Å². The molecule has 122 valence electrons. The van der Waals surface area contributed by atoms with E-state index in [0.717, 1.165) is 17.8 Å². The van der Waals surface area contributed by atoms with E-state index in [1.54, 1.807) is 11.9 Å². The number of halogens is 4. The highest BCUT2D eigenvalue weighted by Gasteiger charge is 2.31. The predicted molar refractivity (Wildman–Crippen MR) is 85.3 cm³/mol. The van der Waals surface area contributed by atoms with Gasteiger partial charge in [-0.05, 0) is 30.3 Å². The van der Waals surface area contributed by atoms with Crippen molar-refractivity contribution in [1.82, 2.24) is 0 Å². The molecule has 0 bridgehead atoms. The van der Waals surface area contributed by atoms with Crippen molar-refractivity contribution in [2.45, 2.75) is 6.18 Å². The molecule has 0 unspecified atom stereocenters. The van der Waals surface area contributed by atoms with Gasteiger partial charge in [0.2, 0.25) is 5.91 Å². The Hall–Kier alpha value is -2.21. The fourth-order valence-corrected chi connectivity index (χ4v) is 2.15. The van der Waals surface area contributed by atoms with E-state index >= 15 is 0 Å². The van der Waals surface area contributed by atoms with E-state index in [-0.39, 0.29) is 11.6 Å². The minimum absolute atomic E-state index is 0.0526. The van der Waals surface area contributed by atoms with E-state index in [2.05, 4.69) is 5.32 Å². The van der Waals surface area contributed by atoms with Crippen LogP contribution in [0.4, 0.5) is 30.2 Å². The number of carbonyl (C=O) groups is 1. The summed E-state index contributed by atoms with van der Waals surface area (Å²) in [5, 5.41) is 2.41. The zero-order chi connectivity index (χ0) is 17.0. The third-order valence-electron chi connectivity index (χ3n) is 3.22. The standard InChI is InChI=1S/C16H14ClF3N2O/c1-22(12-5-3-2-4-6-12)14-8-7-11(16(18,19)20)9-13(14)21-15(23)10-17/h2-9H,10H2,1H3,(H,21,23). The third-order valence-corrected chi connectivity index (χ3v) is 3.47. The summed E-state index contributed by atoms with van der Waals surface area (Å²) in [6, 6.07) is 12.3. The Morgan fingerprint density at radius 1 is 1.17 bits per heavy atom. The number of hydrogen-bond acceptors (Lipinski definition) is 2. The molecule has 0 saturated carbocycles. The molecule has 0 saturated heterocycles. The average molecular weight is 343 g/mol. The highest BCUT2D eigenvalue weighted by Crippen LogP contribution is 2.37. The van der Waals surface area contributed by atoms with Crippen molar-refractivity contribution >= 4 is 34.6 Å². The monoisotopic (exact) mass is 342 g/mol. The first-order valence-corrected chi connectivity index (χ1v) is 7.22. The second kappa shape index (κ2) is 6.91. The van der Waals surface area contributed by atoms with Crippen LogP contribution in [0, 0.1) is 0 Å². The first kappa shape index (κ1) is 17.1. The van der Waals surface area contributed by atoms with Crippen molar-refractivity contribution in [2.75, 3.05) is 23.1 Å². The molecule has 23 heavy (non-hydrogen) atoms. The summed E-state index contributed by atoms with van der Waals surface area (Å²) >= 11 is 5.43. The van der Waals surface area contributed by atoms with Crippen molar-refractivity contribution in [3.8, 4) is 0 Å². The Balaban J connectivity index is 2.47. The maximum Gasteiger partial charge on any atom is 0.416 e. The molecule has 0 aliphatic carbocycles. The molecule has 2 aromatic carbocycles. The van der Waals surface area contributed by atoms with Crippen molar-refractivity contribution in [1.29, 1.82) is 0 Å². The summed E-state index contributed by atoms with van der Waals surface area (Å²) < 4.78 is 38.7. The maximum atomic E-state index is 12.9. The van der Waals surface area contributed by atoms with Gasteiger partial charge < -0.3 is 10.2 Å². The van der Waals surface area contributed by atoms with E-state index in [1.807, 2.05) is 30.3 Å². The number of amides is 1. The summed E-state index contributed by atoms with van der Waals surface area (Å²) in [4.78, 5) is 13.2. The fraction of sp³-hybridized carbons (Fsp3) is 0.188. The van der Waals surface area contributed by atoms with Crippen molar-refractivity contribution in [3.63, 3.8) is 0 Å². The van der Waals surface area contributed by atoms with Gasteiger partial charge in [0, 0.05) is 12.7 Å². The van der Waals surface area contributed by atoms with Gasteiger partial charge in [-0.1, -0.05) is 18.2 Å². The van der Waals surface area contributed by atoms with Gasteiger partial charge in [0.1, 0.15) is 5.88 Å². The second-order valence-electron chi connectivity index (χ2n) is 4.81. The Morgan fingerprint density at radius 3 is 2.39 bits per heavy atom. The lowest BCUT2D eigenvalue weighted by Gasteiger charge is -2.23. The minimum atomic E-state index is -4.50. The van der Waals surface area contributed by atoms with Gasteiger partial charge in [-0.25, -0.2) is 0 Å². The van der Waals surface area contributed by atoms with E-state index in [0.29, 0.717) is 5.69 Å². The Morgan fingerprint density at radius 2 is 1.83 bits per heavy atom. The smallest absolute Gasteiger partial charge is 0.343 e. The highest BCUT2D eigenvalue weighted by molar-refractivity contribution is 6.29. The quantitative estimate of drug-likeness (QED) is 0.820. The molecule has 1 N–H and O–H groups in total. The molecule has 2 rings (SSSR count). The number of anilines is 3. The molecule has 0 heterocycles. The lowest BCUT2D eigenvalue weighted by Crippen LogP contribution is -2.18. The van der Waals surface area contributed by atoms with E-state index in [4.69, 9.17) is 11.6 Å². The summed E-state index contributed by atoms with van der Waals surface area (Å²) in [6.45, 7) is 0. The van der Waals surface area contributed by atoms with Gasteiger partial charge >= 0.3 is 6.18 Å². The summed E-state index contributed by atoms with van der Waals surface area (Å²) in [5.74, 6) is -0.918. The first-order valence-electron chi connectivity index (χ1n) is 6.69. The molecular formula is C16H14ClF3N2O. The number of benzene rings is 2. The largest absolute Gasteiger partial charge is 0.416 e. The zero-order valence-corrected chi connectivity index (χ0v) is 12.9. The first-order chi connectivity index (χ1) is 10.8. The van der Waals surface area contributed by atoms with Crippen LogP contribution in [-0.4, -0.2) is 18.8 Å². The molecule has 0 radical (unpaired) electrons. The molecule has 7 heteroatoms. The number of carbonyl (C=O) groups excluding carboxylic acids is 1. The Kier molecular flexibility index (Phi) is 5.15. The van der Waals surface area contributed by atoms with E-state index in [1.165, 1.54) is 6.07 Å². The number of rotatable bonds is 4. The van der Waals surface area contributed by atoms with Gasteiger partial charge in [0.15, 0.2) is 0 Å². The van der Waals surface area contributed by atoms with E-state index in [9.17, 15) is 18.0 Å². The maximum absolute atomic E-state index is 12.9. The van der Waals surface area contributed by atoms with Crippen LogP contribution >= 0.6 is 11.6 Å². The van der Waals surface area contributed by atoms with Crippen LogP contribution in [0.5, 0.6) is 0 Å². The van der Waals surface area contributed by atoms with Crippen molar-refractivity contribution in [3.05, 3.63) is 54.1 Å². The van der Waals surface area contributed by atoms with Gasteiger partial charge in [-0.15, -0.1) is 11.6 Å². The number of hydrogen-bond donors (Lipinski definition) is 1. The molecule has 0 aliphatic rings. The van der Waals surface area contributed by atoms with Crippen molar-refractivity contribution < 1.29 is 18.0 Å². The molecule has 0 spiro atoms. The lowest BCUT2D eigenvalue weighted by molar-refractivity contribution is -0.137. The molecule has 0 fully saturated rings. The molecule has 1 amide bonds. The molecule has 2 aromatic rings. The van der Waals surface area contributed by atoms with Crippen LogP contribution in [0.25, 0.3) is 0 Å². The number of nitrogens with one attached hydrogen (secondary N) is 1. The summed E-state index contributed by atoms with van der Waals surface area (Å²) in [6.07, 6.45) is -4.50. The number of para-hydroxylation sites is 1. The van der Waals surface area contributed by atoms with Gasteiger partial charge in [-0.2, -0.15) is 13.2 Å². The van der Waals surface area contributed by atoms with Crippen LogP contribution in [-0.2, 0) is 11.0 Å². The molecule has 0 aliphatic heterocycles. The molecule has 0 aromatic heterocycles. The second-order valence-corrected chi connectivity index (χ2v) is 5.07. The van der Waals surface area contributed by atoms with Gasteiger partial charge in [-0.3, -0.25) is 4.79 Å². The third kappa shape index (κ3) is 4.16. The van der Waals surface area contributed by atoms with Crippen molar-refractivity contribution in [2.24, 2.45) is 0 Å². The zero-order valence-electron chi connectivity index (χ0n) is 12.2. The van der Waals surface area contributed by atoms with E-state index < -0.39 is 17.6 Å². The minimum Gasteiger partial charge on any atom is -0.343 e. The Labute approximate surface area is 136 Å². The van der Waals surface area contributed by atoms with Crippen LogP contribution in [0.15, 0.2) is 48.5 Å². The van der Waals surface area contributed by atoms with Crippen LogP contribution in [0.2, 0.25) is 0 Å². The van der Waals surface area contributed by atoms with Crippen LogP contribution in [0.3, 0.4) is 0 Å². The number of nitrogens with zero attached hydrogens (tertiary/aromatic N) is 1. The molecule has 0 atom stereocenters. The summed E-state index contributed by atoms with van der Waals surface area (Å²) in [5.41, 5.74) is 0.417. The lowest BCUT2D eigenvalue weighted by atomic mass is 10.1. The number of alkyl halides is 4. The SMILES string of the molecule is CN(c1ccccc1)c1ccc(C(F)(F)F)cc1NC(=O)CCl. The predicted octanol–water partition coefficient (Wildman–Crippen LogP) is 4.65. The normalized spacial score (nSPS) is 11.2. The highest BCUT2D eigenvalue weighted by atomic mass is 35.5. The molecule has 3 nitrogen and oxygen atoms in total. The molecular weight excluding hydrogens is 329 g/mol. The van der Waals surface area contributed by atoms with Gasteiger partial charge in [0.05, 0.1) is 16.9 Å². The summed E-state index contributed by atoms with van der Waals surface area (Å²) in [7, 11) is 1.70. The topological polar surface area (TPSA) is 32.3 Å². The van der Waals surface area contributed by atoms with Crippen LogP contribution in [0.1, 0.15) is 5.56 Å². The average Bonchev–Trinajstić information content (AvgIpc) is 2.54. The van der Waals surface area contributed by atoms with Crippen LogP contribution < -0.4 is 10.2 Å².